The second kappa shape index (κ2) is 10.4. The van der Waals surface area contributed by atoms with E-state index in [2.05, 4.69) is 20.5 Å². The molecule has 1 fully saturated rings. The van der Waals surface area contributed by atoms with E-state index in [9.17, 15) is 4.79 Å². The van der Waals surface area contributed by atoms with Crippen molar-refractivity contribution in [3.05, 3.63) is 17.7 Å². The van der Waals surface area contributed by atoms with Crippen LogP contribution in [0.4, 0.5) is 5.69 Å². The molecule has 1 aromatic rings. The summed E-state index contributed by atoms with van der Waals surface area (Å²) >= 11 is 0. The first-order chi connectivity index (χ1) is 12.5. The smallest absolute Gasteiger partial charge is 0.201 e. The summed E-state index contributed by atoms with van der Waals surface area (Å²) in [6, 6.07) is 3.48. The Kier molecular flexibility index (Phi) is 9.15. The SMILES string of the molecule is Br.Br.COc1cc2c(cc1OC)C(N)(C(=O)CCN)N=C(N1CCNCC1)N2. The van der Waals surface area contributed by atoms with Gasteiger partial charge in [0, 0.05) is 44.2 Å². The van der Waals surface area contributed by atoms with Gasteiger partial charge in [-0.05, 0) is 12.6 Å². The van der Waals surface area contributed by atoms with Crippen molar-refractivity contribution in [2.75, 3.05) is 52.3 Å². The number of guanidine groups is 1. The number of nitrogens with zero attached hydrogens (tertiary/aromatic N) is 2. The Labute approximate surface area is 185 Å². The van der Waals surface area contributed by atoms with E-state index in [0.29, 0.717) is 28.7 Å². The fourth-order valence-electron chi connectivity index (χ4n) is 3.23. The number of nitrogens with two attached hydrogens (primary N) is 2. The molecule has 1 unspecified atom stereocenters. The minimum absolute atomic E-state index is 0. The van der Waals surface area contributed by atoms with Gasteiger partial charge in [0.1, 0.15) is 0 Å². The van der Waals surface area contributed by atoms with E-state index in [1.54, 1.807) is 19.2 Å². The summed E-state index contributed by atoms with van der Waals surface area (Å²) in [5.41, 5.74) is 11.8. The van der Waals surface area contributed by atoms with Gasteiger partial charge in [-0.3, -0.25) is 10.5 Å². The topological polar surface area (TPSA) is 127 Å². The van der Waals surface area contributed by atoms with Crippen LogP contribution in [0.1, 0.15) is 12.0 Å². The first-order valence-electron chi connectivity index (χ1n) is 8.64. The number of aliphatic imine (C=N–C) groups is 1. The number of Topliss-reactive ketones (excluding diaryl/α,β-unsaturated/α-hetero) is 1. The lowest BCUT2D eigenvalue weighted by atomic mass is 9.91. The maximum absolute atomic E-state index is 12.8. The van der Waals surface area contributed by atoms with Gasteiger partial charge in [-0.25, -0.2) is 4.99 Å². The maximum Gasteiger partial charge on any atom is 0.201 e. The van der Waals surface area contributed by atoms with Crippen molar-refractivity contribution in [1.82, 2.24) is 10.2 Å². The molecule has 3 rings (SSSR count). The molecule has 28 heavy (non-hydrogen) atoms. The van der Waals surface area contributed by atoms with Crippen LogP contribution in [-0.4, -0.2) is 63.6 Å². The van der Waals surface area contributed by atoms with Gasteiger partial charge in [0.05, 0.1) is 19.9 Å². The number of ether oxygens (including phenoxy) is 2. The molecule has 0 spiro atoms. The maximum atomic E-state index is 12.8. The molecule has 1 saturated heterocycles. The molecule has 2 heterocycles. The number of ketones is 1. The van der Waals surface area contributed by atoms with E-state index in [1.165, 1.54) is 7.11 Å². The lowest BCUT2D eigenvalue weighted by Crippen LogP contribution is -2.54. The lowest BCUT2D eigenvalue weighted by Gasteiger charge is -2.38. The third-order valence-electron chi connectivity index (χ3n) is 4.68. The van der Waals surface area contributed by atoms with E-state index < -0.39 is 5.66 Å². The standard InChI is InChI=1S/C17H26N6O3.2BrH/c1-25-13-9-11-12(10-14(13)26-2)21-16(23-7-5-20-6-8-23)22-17(11,19)15(24)3-4-18;;/h9-10,20H,3-8,18-19H2,1-2H3,(H,21,22);2*1H. The predicted octanol–water partition coefficient (Wildman–Crippen LogP) is 0.576. The van der Waals surface area contributed by atoms with Crippen LogP contribution >= 0.6 is 34.0 Å². The molecule has 9 nitrogen and oxygen atoms in total. The van der Waals surface area contributed by atoms with E-state index in [4.69, 9.17) is 20.9 Å². The fraction of sp³-hybridized carbons (Fsp3) is 0.529. The predicted molar refractivity (Wildman–Crippen MR) is 120 cm³/mol. The summed E-state index contributed by atoms with van der Waals surface area (Å²) in [5, 5.41) is 6.59. The van der Waals surface area contributed by atoms with Gasteiger partial charge in [0.25, 0.3) is 0 Å². The zero-order valence-corrected chi connectivity index (χ0v) is 19.4. The van der Waals surface area contributed by atoms with Crippen molar-refractivity contribution >= 4 is 51.4 Å². The highest BCUT2D eigenvalue weighted by Crippen LogP contribution is 2.41. The Morgan fingerprint density at radius 1 is 1.21 bits per heavy atom. The third-order valence-corrected chi connectivity index (χ3v) is 4.68. The van der Waals surface area contributed by atoms with Gasteiger partial charge < -0.3 is 30.7 Å². The molecule has 0 saturated carbocycles. The average Bonchev–Trinajstić information content (AvgIpc) is 2.67. The van der Waals surface area contributed by atoms with Crippen LogP contribution in [0, 0.1) is 0 Å². The lowest BCUT2D eigenvalue weighted by molar-refractivity contribution is -0.124. The quantitative estimate of drug-likeness (QED) is 0.441. The number of hydrogen-bond donors (Lipinski definition) is 4. The first kappa shape index (κ1) is 24.6. The number of hydrogen-bond acceptors (Lipinski definition) is 9. The van der Waals surface area contributed by atoms with E-state index in [0.717, 1.165) is 26.2 Å². The number of rotatable bonds is 5. The van der Waals surface area contributed by atoms with Gasteiger partial charge in [-0.15, -0.1) is 34.0 Å². The van der Waals surface area contributed by atoms with Crippen LogP contribution < -0.4 is 31.6 Å². The molecular weight excluding hydrogens is 496 g/mol. The van der Waals surface area contributed by atoms with Gasteiger partial charge in [-0.2, -0.15) is 0 Å². The number of carbonyl (C=O) groups excluding carboxylic acids is 1. The van der Waals surface area contributed by atoms with Crippen molar-refractivity contribution in [3.63, 3.8) is 0 Å². The zero-order valence-electron chi connectivity index (χ0n) is 16.0. The summed E-state index contributed by atoms with van der Waals surface area (Å²) in [5.74, 6) is 1.39. The number of anilines is 1. The molecule has 0 radical (unpaired) electrons. The number of benzene rings is 1. The first-order valence-corrected chi connectivity index (χ1v) is 8.64. The number of methoxy groups -OCH3 is 2. The minimum atomic E-state index is -1.51. The third kappa shape index (κ3) is 4.60. The normalized spacial score (nSPS) is 20.6. The van der Waals surface area contributed by atoms with Crippen LogP contribution in [-0.2, 0) is 10.5 Å². The minimum Gasteiger partial charge on any atom is -0.493 e. The molecule has 0 aliphatic carbocycles. The molecule has 1 atom stereocenters. The Morgan fingerprint density at radius 3 is 2.39 bits per heavy atom. The number of nitrogens with one attached hydrogen (secondary N) is 2. The number of piperazine rings is 1. The summed E-state index contributed by atoms with van der Waals surface area (Å²) in [6.07, 6.45) is 0.141. The second-order valence-electron chi connectivity index (χ2n) is 6.28. The molecule has 0 amide bonds. The number of carbonyl (C=O) groups is 1. The van der Waals surface area contributed by atoms with E-state index in [1.807, 2.05) is 0 Å². The van der Waals surface area contributed by atoms with Gasteiger partial charge in [0.15, 0.2) is 22.9 Å². The highest BCUT2D eigenvalue weighted by molar-refractivity contribution is 8.93. The molecule has 0 bridgehead atoms. The van der Waals surface area contributed by atoms with Crippen molar-refractivity contribution in [2.24, 2.45) is 16.5 Å². The highest BCUT2D eigenvalue weighted by atomic mass is 79.9. The second-order valence-corrected chi connectivity index (χ2v) is 6.28. The van der Waals surface area contributed by atoms with Gasteiger partial charge in [0.2, 0.25) is 5.96 Å². The Balaban J connectivity index is 0.00000196. The molecule has 2 aliphatic heterocycles. The summed E-state index contributed by atoms with van der Waals surface area (Å²) in [6.45, 7) is 3.44. The van der Waals surface area contributed by atoms with Crippen LogP contribution in [0.5, 0.6) is 11.5 Å². The Bertz CT molecular complexity index is 727. The molecule has 1 aromatic carbocycles. The van der Waals surface area contributed by atoms with Crippen LogP contribution in [0.25, 0.3) is 0 Å². The Hall–Kier alpha value is -1.40. The van der Waals surface area contributed by atoms with Crippen molar-refractivity contribution in [3.8, 4) is 11.5 Å². The Morgan fingerprint density at radius 2 is 1.82 bits per heavy atom. The van der Waals surface area contributed by atoms with E-state index in [-0.39, 0.29) is 52.7 Å². The van der Waals surface area contributed by atoms with Crippen molar-refractivity contribution < 1.29 is 14.3 Å². The summed E-state index contributed by atoms with van der Waals surface area (Å²) < 4.78 is 10.8. The fourth-order valence-corrected chi connectivity index (χ4v) is 3.23. The zero-order chi connectivity index (χ0) is 18.7. The highest BCUT2D eigenvalue weighted by Gasteiger charge is 2.42. The summed E-state index contributed by atoms with van der Waals surface area (Å²) in [4.78, 5) is 19.5. The number of fused-ring (bicyclic) bond motifs is 1. The average molecular weight is 524 g/mol. The summed E-state index contributed by atoms with van der Waals surface area (Å²) in [7, 11) is 3.10. The number of halogens is 2. The molecular formula is C17H28Br2N6O3. The van der Waals surface area contributed by atoms with Gasteiger partial charge in [-0.1, -0.05) is 0 Å². The van der Waals surface area contributed by atoms with Crippen LogP contribution in [0.2, 0.25) is 0 Å². The van der Waals surface area contributed by atoms with Crippen molar-refractivity contribution in [1.29, 1.82) is 0 Å². The molecule has 0 aromatic heterocycles. The molecule has 2 aliphatic rings. The van der Waals surface area contributed by atoms with Crippen molar-refractivity contribution in [2.45, 2.75) is 12.1 Å². The largest absolute Gasteiger partial charge is 0.493 e. The van der Waals surface area contributed by atoms with Crippen LogP contribution in [0.3, 0.4) is 0 Å². The van der Waals surface area contributed by atoms with Gasteiger partial charge >= 0.3 is 0 Å². The molecule has 6 N–H and O–H groups in total. The molecule has 158 valence electrons. The van der Waals surface area contributed by atoms with Crippen LogP contribution in [0.15, 0.2) is 17.1 Å². The monoisotopic (exact) mass is 522 g/mol. The van der Waals surface area contributed by atoms with E-state index >= 15 is 0 Å². The molecule has 11 heteroatoms.